The molecule has 6 nitrogen and oxygen atoms in total. The summed E-state index contributed by atoms with van der Waals surface area (Å²) in [6, 6.07) is 12.4. The number of nitrogens with zero attached hydrogens (tertiary/aromatic N) is 2. The fraction of sp³-hybridized carbons (Fsp3) is 0.263. The van der Waals surface area contributed by atoms with Gasteiger partial charge in [-0.3, -0.25) is 4.79 Å². The summed E-state index contributed by atoms with van der Waals surface area (Å²) >= 11 is 0. The number of H-pyrrole nitrogens is 1. The maximum Gasteiger partial charge on any atom is 0.223 e. The van der Waals surface area contributed by atoms with E-state index in [4.69, 9.17) is 0 Å². The molecule has 0 bridgehead atoms. The Labute approximate surface area is 157 Å². The van der Waals surface area contributed by atoms with Crippen molar-refractivity contribution < 1.29 is 17.6 Å². The van der Waals surface area contributed by atoms with Crippen molar-refractivity contribution in [2.45, 2.75) is 17.7 Å². The number of carbonyl (C=O) groups is 1. The van der Waals surface area contributed by atoms with E-state index in [1.54, 1.807) is 31.3 Å². The number of nitrogens with one attached hydrogen (secondary N) is 1. The monoisotopic (exact) mass is 389 g/mol. The molecule has 8 heteroatoms. The maximum absolute atomic E-state index is 13.2. The van der Waals surface area contributed by atoms with E-state index in [0.29, 0.717) is 29.8 Å². The molecule has 1 amide bonds. The zero-order valence-electron chi connectivity index (χ0n) is 14.9. The van der Waals surface area contributed by atoms with Crippen LogP contribution in [0.25, 0.3) is 11.0 Å². The minimum atomic E-state index is -3.48. The van der Waals surface area contributed by atoms with E-state index >= 15 is 0 Å². The molecule has 1 heterocycles. The van der Waals surface area contributed by atoms with Gasteiger partial charge in [0.15, 0.2) is 9.84 Å². The van der Waals surface area contributed by atoms with Crippen LogP contribution in [0.1, 0.15) is 12.2 Å². The summed E-state index contributed by atoms with van der Waals surface area (Å²) in [5, 5.41) is 0. The average Bonchev–Trinajstić information content (AvgIpc) is 3.07. The Morgan fingerprint density at radius 1 is 1.19 bits per heavy atom. The highest BCUT2D eigenvalue weighted by Crippen LogP contribution is 2.14. The molecule has 142 valence electrons. The lowest BCUT2D eigenvalue weighted by Gasteiger charge is -2.16. The third-order valence-corrected chi connectivity index (χ3v) is 6.02. The molecule has 0 spiro atoms. The van der Waals surface area contributed by atoms with Crippen molar-refractivity contribution in [2.75, 3.05) is 19.3 Å². The number of hydrogen-bond donors (Lipinski definition) is 1. The van der Waals surface area contributed by atoms with Crippen molar-refractivity contribution in [2.24, 2.45) is 0 Å². The first-order valence-electron chi connectivity index (χ1n) is 8.51. The molecule has 0 radical (unpaired) electrons. The number of benzene rings is 2. The van der Waals surface area contributed by atoms with Gasteiger partial charge in [-0.25, -0.2) is 17.8 Å². The van der Waals surface area contributed by atoms with Crippen molar-refractivity contribution in [3.8, 4) is 0 Å². The molecule has 0 fully saturated rings. The van der Waals surface area contributed by atoms with Crippen LogP contribution in [0.4, 0.5) is 4.39 Å². The maximum atomic E-state index is 13.2. The summed E-state index contributed by atoms with van der Waals surface area (Å²) in [4.78, 5) is 21.3. The highest BCUT2D eigenvalue weighted by Gasteiger charge is 2.18. The quantitative estimate of drug-likeness (QED) is 0.673. The minimum Gasteiger partial charge on any atom is -0.345 e. The van der Waals surface area contributed by atoms with Gasteiger partial charge < -0.3 is 9.88 Å². The summed E-state index contributed by atoms with van der Waals surface area (Å²) in [6.07, 6.45) is 0.378. The lowest BCUT2D eigenvalue weighted by molar-refractivity contribution is -0.129. The van der Waals surface area contributed by atoms with Crippen LogP contribution in [0, 0.1) is 5.82 Å². The molecular formula is C19H20FN3O3S. The lowest BCUT2D eigenvalue weighted by atomic mass is 10.3. The molecule has 0 saturated carbocycles. The van der Waals surface area contributed by atoms with Crippen LogP contribution in [0.5, 0.6) is 0 Å². The van der Waals surface area contributed by atoms with Gasteiger partial charge in [0.05, 0.1) is 21.7 Å². The van der Waals surface area contributed by atoms with Crippen molar-refractivity contribution in [3.05, 3.63) is 60.2 Å². The number of sulfone groups is 1. The van der Waals surface area contributed by atoms with Gasteiger partial charge in [0.1, 0.15) is 11.6 Å². The Balaban J connectivity index is 1.54. The first kappa shape index (κ1) is 19.0. The standard InChI is InChI=1S/C19H20FN3O3S/c1-23(11-9-18-21-16-8-7-14(20)13-17(16)22-18)19(24)10-12-27(25,26)15-5-3-2-4-6-15/h2-8,13H,9-12H2,1H3,(H,21,22). The Bertz CT molecular complexity index is 1050. The molecule has 0 aliphatic carbocycles. The third kappa shape index (κ3) is 4.71. The molecule has 0 aliphatic heterocycles. The van der Waals surface area contributed by atoms with Gasteiger partial charge in [0.2, 0.25) is 5.91 Å². The van der Waals surface area contributed by atoms with Gasteiger partial charge >= 0.3 is 0 Å². The Morgan fingerprint density at radius 2 is 1.93 bits per heavy atom. The predicted molar refractivity (Wildman–Crippen MR) is 101 cm³/mol. The number of fused-ring (bicyclic) bond motifs is 1. The molecule has 0 aliphatic rings. The fourth-order valence-corrected chi connectivity index (χ4v) is 3.96. The normalized spacial score (nSPS) is 11.6. The van der Waals surface area contributed by atoms with Gasteiger partial charge in [-0.1, -0.05) is 18.2 Å². The third-order valence-electron chi connectivity index (χ3n) is 4.29. The van der Waals surface area contributed by atoms with E-state index < -0.39 is 9.84 Å². The molecule has 0 unspecified atom stereocenters. The molecule has 1 aromatic heterocycles. The zero-order chi connectivity index (χ0) is 19.4. The Kier molecular flexibility index (Phi) is 5.55. The second-order valence-electron chi connectivity index (χ2n) is 6.29. The molecule has 3 rings (SSSR count). The van der Waals surface area contributed by atoms with Crippen LogP contribution in [-0.2, 0) is 21.1 Å². The fourth-order valence-electron chi connectivity index (χ4n) is 2.71. The van der Waals surface area contributed by atoms with Gasteiger partial charge in [-0.15, -0.1) is 0 Å². The van der Waals surface area contributed by atoms with Gasteiger partial charge in [-0.05, 0) is 30.3 Å². The summed E-state index contributed by atoms with van der Waals surface area (Å²) < 4.78 is 37.7. The van der Waals surface area contributed by atoms with Gasteiger partial charge in [0.25, 0.3) is 0 Å². The number of carbonyl (C=O) groups excluding carboxylic acids is 1. The minimum absolute atomic E-state index is 0.0843. The Morgan fingerprint density at radius 3 is 2.67 bits per heavy atom. The summed E-state index contributed by atoms with van der Waals surface area (Å²) in [7, 11) is -1.85. The topological polar surface area (TPSA) is 83.1 Å². The molecule has 27 heavy (non-hydrogen) atoms. The molecule has 0 saturated heterocycles. The SMILES string of the molecule is CN(CCc1nc2ccc(F)cc2[nH]1)C(=O)CCS(=O)(=O)c1ccccc1. The first-order valence-corrected chi connectivity index (χ1v) is 10.2. The number of likely N-dealkylation sites (N-methyl/N-ethyl adjacent to an activating group) is 1. The molecule has 2 aromatic carbocycles. The number of rotatable bonds is 7. The predicted octanol–water partition coefficient (Wildman–Crippen LogP) is 2.57. The highest BCUT2D eigenvalue weighted by molar-refractivity contribution is 7.91. The van der Waals surface area contributed by atoms with Crippen LogP contribution >= 0.6 is 0 Å². The van der Waals surface area contributed by atoms with E-state index in [9.17, 15) is 17.6 Å². The average molecular weight is 389 g/mol. The van der Waals surface area contributed by atoms with Crippen LogP contribution < -0.4 is 0 Å². The van der Waals surface area contributed by atoms with Crippen molar-refractivity contribution in [1.82, 2.24) is 14.9 Å². The largest absolute Gasteiger partial charge is 0.345 e. The van der Waals surface area contributed by atoms with E-state index in [2.05, 4.69) is 9.97 Å². The van der Waals surface area contributed by atoms with Crippen LogP contribution in [-0.4, -0.2) is 48.5 Å². The van der Waals surface area contributed by atoms with Crippen molar-refractivity contribution in [1.29, 1.82) is 0 Å². The first-order chi connectivity index (χ1) is 12.8. The summed E-state index contributed by atoms with van der Waals surface area (Å²) in [5.41, 5.74) is 1.27. The number of imidazole rings is 1. The molecular weight excluding hydrogens is 369 g/mol. The number of hydrogen-bond acceptors (Lipinski definition) is 4. The van der Waals surface area contributed by atoms with E-state index in [1.165, 1.54) is 29.2 Å². The Hall–Kier alpha value is -2.74. The molecule has 1 N–H and O–H groups in total. The van der Waals surface area contributed by atoms with Crippen LogP contribution in [0.15, 0.2) is 53.4 Å². The van der Waals surface area contributed by atoms with Crippen molar-refractivity contribution >= 4 is 26.8 Å². The summed E-state index contributed by atoms with van der Waals surface area (Å²) in [5.74, 6) is -0.183. The van der Waals surface area contributed by atoms with E-state index in [1.807, 2.05) is 0 Å². The second-order valence-corrected chi connectivity index (χ2v) is 8.40. The molecule has 0 atom stereocenters. The highest BCUT2D eigenvalue weighted by atomic mass is 32.2. The lowest BCUT2D eigenvalue weighted by Crippen LogP contribution is -2.30. The van der Waals surface area contributed by atoms with Crippen LogP contribution in [0.3, 0.4) is 0 Å². The summed E-state index contributed by atoms with van der Waals surface area (Å²) in [6.45, 7) is 0.381. The van der Waals surface area contributed by atoms with Crippen LogP contribution in [0.2, 0.25) is 0 Å². The number of amides is 1. The number of aromatic amines is 1. The van der Waals surface area contributed by atoms with E-state index in [0.717, 1.165) is 0 Å². The van der Waals surface area contributed by atoms with E-state index in [-0.39, 0.29) is 28.8 Å². The smallest absolute Gasteiger partial charge is 0.223 e. The number of halogens is 1. The number of aromatic nitrogens is 2. The zero-order valence-corrected chi connectivity index (χ0v) is 15.7. The van der Waals surface area contributed by atoms with Crippen molar-refractivity contribution in [3.63, 3.8) is 0 Å². The molecule has 3 aromatic rings. The van der Waals surface area contributed by atoms with Gasteiger partial charge in [0, 0.05) is 26.4 Å². The van der Waals surface area contributed by atoms with Gasteiger partial charge in [-0.2, -0.15) is 0 Å². The second kappa shape index (κ2) is 7.87.